The van der Waals surface area contributed by atoms with Crippen molar-refractivity contribution in [1.82, 2.24) is 0 Å². The number of rotatable bonds is 6. The van der Waals surface area contributed by atoms with Crippen molar-refractivity contribution < 1.29 is 19.2 Å². The zero-order valence-corrected chi connectivity index (χ0v) is 12.3. The third kappa shape index (κ3) is 4.13. The van der Waals surface area contributed by atoms with Crippen molar-refractivity contribution in [2.24, 2.45) is 0 Å². The SMILES string of the molecule is C[C@@H](Oc1ccc([N+](=O)[O-])cc1C=O)C(=O)Nc1ccccc1. The number of aldehydes is 1. The maximum absolute atomic E-state index is 12.1. The van der Waals surface area contributed by atoms with E-state index in [2.05, 4.69) is 5.32 Å². The molecule has 2 aromatic rings. The molecule has 0 radical (unpaired) electrons. The summed E-state index contributed by atoms with van der Waals surface area (Å²) in [6.07, 6.45) is -0.431. The first kappa shape index (κ1) is 16.2. The molecule has 0 unspecified atom stereocenters. The van der Waals surface area contributed by atoms with Gasteiger partial charge in [0.2, 0.25) is 0 Å². The molecule has 1 amide bonds. The van der Waals surface area contributed by atoms with Crippen molar-refractivity contribution >= 4 is 23.6 Å². The molecule has 0 saturated carbocycles. The largest absolute Gasteiger partial charge is 0.480 e. The molecule has 1 N–H and O–H groups in total. The molecule has 0 aliphatic heterocycles. The van der Waals surface area contributed by atoms with Crippen LogP contribution >= 0.6 is 0 Å². The fourth-order valence-electron chi connectivity index (χ4n) is 1.86. The lowest BCUT2D eigenvalue weighted by atomic mass is 10.2. The van der Waals surface area contributed by atoms with Crippen molar-refractivity contribution in [3.05, 3.63) is 64.2 Å². The van der Waals surface area contributed by atoms with Gasteiger partial charge in [-0.1, -0.05) is 18.2 Å². The average Bonchev–Trinajstić information content (AvgIpc) is 2.55. The Labute approximate surface area is 132 Å². The van der Waals surface area contributed by atoms with Crippen LogP contribution in [0.25, 0.3) is 0 Å². The second kappa shape index (κ2) is 7.17. The summed E-state index contributed by atoms with van der Waals surface area (Å²) in [5, 5.41) is 13.4. The van der Waals surface area contributed by atoms with Gasteiger partial charge in [0.25, 0.3) is 11.6 Å². The second-order valence-electron chi connectivity index (χ2n) is 4.71. The zero-order valence-electron chi connectivity index (χ0n) is 12.3. The van der Waals surface area contributed by atoms with Gasteiger partial charge in [0.15, 0.2) is 12.4 Å². The van der Waals surface area contributed by atoms with E-state index in [1.54, 1.807) is 24.3 Å². The van der Waals surface area contributed by atoms with Gasteiger partial charge >= 0.3 is 0 Å². The first-order valence-corrected chi connectivity index (χ1v) is 6.77. The number of nitro groups is 1. The van der Waals surface area contributed by atoms with Gasteiger partial charge in [-0.25, -0.2) is 0 Å². The second-order valence-corrected chi connectivity index (χ2v) is 4.71. The fourth-order valence-corrected chi connectivity index (χ4v) is 1.86. The first-order chi connectivity index (χ1) is 11.0. The number of nitrogens with one attached hydrogen (secondary N) is 1. The number of hydrogen-bond donors (Lipinski definition) is 1. The highest BCUT2D eigenvalue weighted by molar-refractivity contribution is 5.94. The molecule has 0 aliphatic carbocycles. The number of nitrogens with zero attached hydrogens (tertiary/aromatic N) is 1. The number of para-hydroxylation sites is 1. The van der Waals surface area contributed by atoms with Crippen molar-refractivity contribution in [2.45, 2.75) is 13.0 Å². The molecule has 0 spiro atoms. The number of non-ortho nitro benzene ring substituents is 1. The number of carbonyl (C=O) groups excluding carboxylic acids is 2. The van der Waals surface area contributed by atoms with E-state index in [-0.39, 0.29) is 17.0 Å². The fraction of sp³-hybridized carbons (Fsp3) is 0.125. The zero-order chi connectivity index (χ0) is 16.8. The molecule has 118 valence electrons. The predicted molar refractivity (Wildman–Crippen MR) is 83.6 cm³/mol. The monoisotopic (exact) mass is 314 g/mol. The number of hydrogen-bond acceptors (Lipinski definition) is 5. The van der Waals surface area contributed by atoms with E-state index in [9.17, 15) is 19.7 Å². The van der Waals surface area contributed by atoms with Crippen LogP contribution in [0.2, 0.25) is 0 Å². The van der Waals surface area contributed by atoms with Crippen LogP contribution in [0.15, 0.2) is 48.5 Å². The Morgan fingerprint density at radius 1 is 1.26 bits per heavy atom. The van der Waals surface area contributed by atoms with Crippen LogP contribution in [0, 0.1) is 10.1 Å². The van der Waals surface area contributed by atoms with Crippen LogP contribution in [0.3, 0.4) is 0 Å². The molecule has 0 saturated heterocycles. The highest BCUT2D eigenvalue weighted by atomic mass is 16.6. The van der Waals surface area contributed by atoms with Crippen LogP contribution in [0.1, 0.15) is 17.3 Å². The van der Waals surface area contributed by atoms with Gasteiger partial charge in [0.05, 0.1) is 10.5 Å². The molecule has 1 atom stereocenters. The molecular weight excluding hydrogens is 300 g/mol. The van der Waals surface area contributed by atoms with E-state index >= 15 is 0 Å². The molecule has 7 nitrogen and oxygen atoms in total. The molecule has 0 bridgehead atoms. The summed E-state index contributed by atoms with van der Waals surface area (Å²) in [5.41, 5.74) is 0.409. The number of nitro benzene ring substituents is 1. The van der Waals surface area contributed by atoms with Gasteiger partial charge in [-0.3, -0.25) is 19.7 Å². The van der Waals surface area contributed by atoms with Crippen LogP contribution in [0.4, 0.5) is 11.4 Å². The molecule has 0 aliphatic rings. The summed E-state index contributed by atoms with van der Waals surface area (Å²) in [6.45, 7) is 1.52. The van der Waals surface area contributed by atoms with Gasteiger partial charge in [0.1, 0.15) is 5.75 Å². The van der Waals surface area contributed by atoms with Gasteiger partial charge in [-0.05, 0) is 25.1 Å². The van der Waals surface area contributed by atoms with Crippen molar-refractivity contribution in [1.29, 1.82) is 0 Å². The van der Waals surface area contributed by atoms with Crippen molar-refractivity contribution in [3.63, 3.8) is 0 Å². The Balaban J connectivity index is 2.10. The van der Waals surface area contributed by atoms with Gasteiger partial charge < -0.3 is 10.1 Å². The summed E-state index contributed by atoms with van der Waals surface area (Å²) in [5.74, 6) is -0.285. The Morgan fingerprint density at radius 3 is 2.57 bits per heavy atom. The standard InChI is InChI=1S/C16H14N2O5/c1-11(16(20)17-13-5-3-2-4-6-13)23-15-8-7-14(18(21)22)9-12(15)10-19/h2-11H,1H3,(H,17,20)/t11-/m1/s1. The van der Waals surface area contributed by atoms with Crippen LogP contribution < -0.4 is 10.1 Å². The Kier molecular flexibility index (Phi) is 5.03. The number of anilines is 1. The van der Waals surface area contributed by atoms with Crippen LogP contribution in [-0.4, -0.2) is 23.2 Å². The summed E-state index contributed by atoms with van der Waals surface area (Å²) in [7, 11) is 0. The highest BCUT2D eigenvalue weighted by Gasteiger charge is 2.18. The minimum absolute atomic E-state index is 0.0126. The van der Waals surface area contributed by atoms with E-state index in [0.29, 0.717) is 12.0 Å². The molecule has 0 aromatic heterocycles. The Hall–Kier alpha value is -3.22. The maximum atomic E-state index is 12.1. The summed E-state index contributed by atoms with van der Waals surface area (Å²) < 4.78 is 5.44. The highest BCUT2D eigenvalue weighted by Crippen LogP contribution is 2.24. The smallest absolute Gasteiger partial charge is 0.270 e. The third-order valence-corrected chi connectivity index (χ3v) is 3.05. The van der Waals surface area contributed by atoms with Gasteiger partial charge in [-0.2, -0.15) is 0 Å². The molecule has 23 heavy (non-hydrogen) atoms. The minimum atomic E-state index is -0.879. The topological polar surface area (TPSA) is 98.5 Å². The predicted octanol–water partition coefficient (Wildman–Crippen LogP) is 2.81. The number of carbonyl (C=O) groups is 2. The third-order valence-electron chi connectivity index (χ3n) is 3.05. The van der Waals surface area contributed by atoms with E-state index in [0.717, 1.165) is 6.07 Å². The molecule has 0 fully saturated rings. The minimum Gasteiger partial charge on any atom is -0.480 e. The van der Waals surface area contributed by atoms with Crippen molar-refractivity contribution in [3.8, 4) is 5.75 Å². The lowest BCUT2D eigenvalue weighted by Gasteiger charge is -2.15. The molecule has 0 heterocycles. The van der Waals surface area contributed by atoms with E-state index < -0.39 is 16.9 Å². The average molecular weight is 314 g/mol. The number of benzene rings is 2. The first-order valence-electron chi connectivity index (χ1n) is 6.77. The Morgan fingerprint density at radius 2 is 1.96 bits per heavy atom. The molecular formula is C16H14N2O5. The Bertz CT molecular complexity index is 731. The maximum Gasteiger partial charge on any atom is 0.270 e. The molecule has 2 aromatic carbocycles. The van der Waals surface area contributed by atoms with E-state index in [1.165, 1.54) is 19.1 Å². The van der Waals surface area contributed by atoms with E-state index in [4.69, 9.17) is 4.74 Å². The van der Waals surface area contributed by atoms with Gasteiger partial charge in [0, 0.05) is 17.8 Å². The quantitative estimate of drug-likeness (QED) is 0.502. The number of amides is 1. The summed E-state index contributed by atoms with van der Waals surface area (Å²) >= 11 is 0. The van der Waals surface area contributed by atoms with Crippen molar-refractivity contribution in [2.75, 3.05) is 5.32 Å². The summed E-state index contributed by atoms with van der Waals surface area (Å²) in [6, 6.07) is 12.5. The number of ether oxygens (including phenoxy) is 1. The summed E-state index contributed by atoms with van der Waals surface area (Å²) in [4.78, 5) is 33.2. The van der Waals surface area contributed by atoms with E-state index in [1.807, 2.05) is 6.07 Å². The van der Waals surface area contributed by atoms with Crippen LogP contribution in [-0.2, 0) is 4.79 Å². The molecule has 2 rings (SSSR count). The van der Waals surface area contributed by atoms with Gasteiger partial charge in [-0.15, -0.1) is 0 Å². The normalized spacial score (nSPS) is 11.3. The lowest BCUT2D eigenvalue weighted by Crippen LogP contribution is -2.30. The van der Waals surface area contributed by atoms with Crippen LogP contribution in [0.5, 0.6) is 5.75 Å². The molecule has 7 heteroatoms. The lowest BCUT2D eigenvalue weighted by molar-refractivity contribution is -0.384.